The van der Waals surface area contributed by atoms with Crippen molar-refractivity contribution in [2.75, 3.05) is 5.32 Å². The molecule has 4 N–H and O–H groups in total. The number of quaternary nitrogens is 1. The number of thiocarbonyl (C=S) groups is 1. The van der Waals surface area contributed by atoms with Crippen LogP contribution in [0.4, 0.5) is 10.8 Å². The van der Waals surface area contributed by atoms with Crippen molar-refractivity contribution in [1.82, 2.24) is 10.3 Å². The summed E-state index contributed by atoms with van der Waals surface area (Å²) in [6, 6.07) is 12.8. The van der Waals surface area contributed by atoms with Crippen LogP contribution >= 0.6 is 23.6 Å². The molecule has 0 radical (unpaired) electrons. The number of nitrogens with zero attached hydrogens (tertiary/aromatic N) is 1. The van der Waals surface area contributed by atoms with Gasteiger partial charge in [-0.05, 0) is 30.4 Å². The number of amides is 1. The number of aromatic nitrogens is 1. The highest BCUT2D eigenvalue weighted by Gasteiger charge is 2.16. The summed E-state index contributed by atoms with van der Waals surface area (Å²) in [6.45, 7) is 0. The molecule has 29 heavy (non-hydrogen) atoms. The minimum Gasteiger partial charge on any atom is -0.595 e. The summed E-state index contributed by atoms with van der Waals surface area (Å²) >= 11 is 6.30. The Morgan fingerprint density at radius 3 is 2.83 bits per heavy atom. The second-order valence-electron chi connectivity index (χ2n) is 5.90. The van der Waals surface area contributed by atoms with Crippen molar-refractivity contribution in [1.29, 1.82) is 0 Å². The average molecular weight is 428 g/mol. The van der Waals surface area contributed by atoms with Crippen molar-refractivity contribution < 1.29 is 19.6 Å². The lowest BCUT2D eigenvalue weighted by Crippen LogP contribution is -2.99. The van der Waals surface area contributed by atoms with Crippen LogP contribution in [0.2, 0.25) is 0 Å². The molecule has 0 aliphatic heterocycles. The first-order valence-corrected chi connectivity index (χ1v) is 9.42. The minimum atomic E-state index is -1.04. The first-order chi connectivity index (χ1) is 13.9. The van der Waals surface area contributed by atoms with Gasteiger partial charge in [0.05, 0.1) is 10.2 Å². The molecule has 0 saturated carbocycles. The van der Waals surface area contributed by atoms with Crippen molar-refractivity contribution in [2.45, 2.75) is 0 Å². The van der Waals surface area contributed by atoms with E-state index in [0.29, 0.717) is 26.3 Å². The number of thiazole rings is 1. The maximum absolute atomic E-state index is 12.4. The summed E-state index contributed by atoms with van der Waals surface area (Å²) in [5.41, 5.74) is 0.164. The molecule has 0 saturated heterocycles. The molecular weight excluding hydrogens is 416 g/mol. The molecule has 146 valence electrons. The van der Waals surface area contributed by atoms with Crippen LogP contribution in [0.25, 0.3) is 21.2 Å². The summed E-state index contributed by atoms with van der Waals surface area (Å²) < 4.78 is 5.80. The van der Waals surface area contributed by atoms with Gasteiger partial charge >= 0.3 is 5.63 Å². The van der Waals surface area contributed by atoms with Crippen LogP contribution in [0.15, 0.2) is 57.7 Å². The topological polar surface area (TPSA) is 132 Å². The van der Waals surface area contributed by atoms with Crippen LogP contribution in [-0.2, 0) is 0 Å². The Hall–Kier alpha value is -3.22. The molecule has 0 bridgehead atoms. The van der Waals surface area contributed by atoms with Gasteiger partial charge < -0.3 is 14.9 Å². The molecule has 0 spiro atoms. The highest BCUT2D eigenvalue weighted by atomic mass is 32.1. The monoisotopic (exact) mass is 428 g/mol. The predicted octanol–water partition coefficient (Wildman–Crippen LogP) is 1.93. The maximum Gasteiger partial charge on any atom is 0.349 e. The molecule has 1 unspecified atom stereocenters. The number of carbonyl (C=O) groups excluding carboxylic acids is 1. The number of hydrogen-bond acceptors (Lipinski definition) is 8. The van der Waals surface area contributed by atoms with E-state index in [0.717, 1.165) is 0 Å². The smallest absolute Gasteiger partial charge is 0.349 e. The summed E-state index contributed by atoms with van der Waals surface area (Å²) in [7, 11) is 0. The highest BCUT2D eigenvalue weighted by Crippen LogP contribution is 2.27. The van der Waals surface area contributed by atoms with E-state index in [1.807, 2.05) is 0 Å². The van der Waals surface area contributed by atoms with Gasteiger partial charge in [-0.25, -0.2) is 15.0 Å². The molecule has 2 aromatic carbocycles. The van der Waals surface area contributed by atoms with Gasteiger partial charge in [0.25, 0.3) is 5.91 Å². The third-order valence-electron chi connectivity index (χ3n) is 3.97. The van der Waals surface area contributed by atoms with E-state index >= 15 is 0 Å². The van der Waals surface area contributed by atoms with Crippen LogP contribution < -0.4 is 21.5 Å². The summed E-state index contributed by atoms with van der Waals surface area (Å²) in [5, 5.41) is 25.2. The lowest BCUT2D eigenvalue weighted by Gasteiger charge is -2.10. The SMILES string of the molecule is O=C(NC(=S)Nc1nc2ccc([NH+]([O-])O)cc2s1)c1cc2ccccc2oc1=O. The van der Waals surface area contributed by atoms with Crippen molar-refractivity contribution >= 4 is 66.6 Å². The van der Waals surface area contributed by atoms with E-state index in [1.165, 1.54) is 29.5 Å². The molecule has 2 aromatic heterocycles. The molecule has 0 aliphatic carbocycles. The van der Waals surface area contributed by atoms with Crippen molar-refractivity contribution in [2.24, 2.45) is 0 Å². The fourth-order valence-electron chi connectivity index (χ4n) is 2.63. The van der Waals surface area contributed by atoms with E-state index in [2.05, 4.69) is 15.6 Å². The number of anilines is 1. The van der Waals surface area contributed by atoms with Crippen LogP contribution in [-0.4, -0.2) is 21.2 Å². The molecule has 1 atom stereocenters. The number of fused-ring (bicyclic) bond motifs is 2. The Morgan fingerprint density at radius 1 is 1.24 bits per heavy atom. The van der Waals surface area contributed by atoms with E-state index in [9.17, 15) is 14.8 Å². The molecular formula is C18H12N4O5S2. The third-order valence-corrected chi connectivity index (χ3v) is 5.11. The minimum absolute atomic E-state index is 0.0555. The number of rotatable bonds is 3. The third kappa shape index (κ3) is 3.99. The zero-order valence-corrected chi connectivity index (χ0v) is 16.1. The summed E-state index contributed by atoms with van der Waals surface area (Å²) in [5.74, 6) is -0.712. The van der Waals surface area contributed by atoms with Gasteiger partial charge in [-0.3, -0.25) is 10.1 Å². The maximum atomic E-state index is 12.4. The van der Waals surface area contributed by atoms with Gasteiger partial charge in [0.2, 0.25) is 0 Å². The first kappa shape index (κ1) is 19.1. The molecule has 9 nitrogen and oxygen atoms in total. The van der Waals surface area contributed by atoms with E-state index in [-0.39, 0.29) is 16.4 Å². The quantitative estimate of drug-likeness (QED) is 0.221. The number of hydrogen-bond donors (Lipinski definition) is 4. The van der Waals surface area contributed by atoms with Gasteiger partial charge in [-0.15, -0.1) is 0 Å². The van der Waals surface area contributed by atoms with Crippen LogP contribution in [0, 0.1) is 5.21 Å². The van der Waals surface area contributed by atoms with Gasteiger partial charge in [0.15, 0.2) is 15.9 Å². The van der Waals surface area contributed by atoms with Crippen molar-refractivity contribution in [3.63, 3.8) is 0 Å². The fourth-order valence-corrected chi connectivity index (χ4v) is 3.79. The average Bonchev–Trinajstić information content (AvgIpc) is 3.08. The van der Waals surface area contributed by atoms with E-state index in [4.69, 9.17) is 21.8 Å². The molecule has 4 aromatic rings. The Morgan fingerprint density at radius 2 is 2.03 bits per heavy atom. The zero-order chi connectivity index (χ0) is 20.5. The lowest BCUT2D eigenvalue weighted by atomic mass is 10.2. The normalized spacial score (nSPS) is 12.1. The predicted molar refractivity (Wildman–Crippen MR) is 112 cm³/mol. The molecule has 0 fully saturated rings. The Balaban J connectivity index is 1.51. The molecule has 2 heterocycles. The second kappa shape index (κ2) is 7.66. The van der Waals surface area contributed by atoms with Crippen molar-refractivity contribution in [3.8, 4) is 0 Å². The van der Waals surface area contributed by atoms with Crippen LogP contribution in [0.1, 0.15) is 10.4 Å². The van der Waals surface area contributed by atoms with Crippen LogP contribution in [0.3, 0.4) is 0 Å². The number of para-hydroxylation sites is 1. The molecule has 1 amide bonds. The zero-order valence-electron chi connectivity index (χ0n) is 14.5. The first-order valence-electron chi connectivity index (χ1n) is 8.20. The Bertz CT molecular complexity index is 1310. The molecule has 4 rings (SSSR count). The second-order valence-corrected chi connectivity index (χ2v) is 7.34. The van der Waals surface area contributed by atoms with Gasteiger partial charge in [-0.1, -0.05) is 29.5 Å². The Kier molecular flexibility index (Phi) is 5.05. The largest absolute Gasteiger partial charge is 0.595 e. The molecule has 11 heteroatoms. The number of nitrogens with one attached hydrogen (secondary N) is 3. The molecule has 0 aliphatic rings. The number of benzene rings is 2. The fraction of sp³-hybridized carbons (Fsp3) is 0. The van der Waals surface area contributed by atoms with E-state index in [1.54, 1.807) is 30.3 Å². The van der Waals surface area contributed by atoms with Crippen molar-refractivity contribution in [3.05, 3.63) is 69.7 Å². The van der Waals surface area contributed by atoms with Gasteiger partial charge in [0, 0.05) is 17.5 Å². The number of carbonyl (C=O) groups is 1. The lowest BCUT2D eigenvalue weighted by molar-refractivity contribution is -0.991. The standard InChI is InChI=1S/C18H12N4O5S2/c23-15(11-7-9-3-1-2-4-13(9)27-16(11)24)20-17(28)21-18-19-12-6-5-10(22(25)26)8-14(12)29-18/h1-8,22,25H,(H2,19,20,21,23,28). The van der Waals surface area contributed by atoms with Gasteiger partial charge in [-0.2, -0.15) is 5.23 Å². The van der Waals surface area contributed by atoms with Crippen LogP contribution in [0.5, 0.6) is 0 Å². The Labute approximate surface area is 171 Å². The summed E-state index contributed by atoms with van der Waals surface area (Å²) in [6.07, 6.45) is 0. The van der Waals surface area contributed by atoms with E-state index < -0.39 is 16.8 Å². The van der Waals surface area contributed by atoms with Gasteiger partial charge in [0.1, 0.15) is 11.1 Å². The summed E-state index contributed by atoms with van der Waals surface area (Å²) in [4.78, 5) is 28.8. The highest BCUT2D eigenvalue weighted by molar-refractivity contribution is 7.80.